The molecule has 1 atom stereocenters. The molecule has 0 spiro atoms. The van der Waals surface area contributed by atoms with E-state index in [0.717, 1.165) is 17.5 Å². The van der Waals surface area contributed by atoms with Crippen LogP contribution in [0.1, 0.15) is 23.0 Å². The molecular weight excluding hydrogens is 536 g/mol. The minimum Gasteiger partial charge on any atom is -0.497 e. The second-order valence-corrected chi connectivity index (χ2v) is 10.2. The van der Waals surface area contributed by atoms with Crippen LogP contribution in [0.15, 0.2) is 83.7 Å². The predicted octanol–water partition coefficient (Wildman–Crippen LogP) is 3.59. The highest BCUT2D eigenvalue weighted by Gasteiger charge is 2.33. The molecule has 6 rings (SSSR count). The smallest absolute Gasteiger partial charge is 0.269 e. The molecule has 1 saturated heterocycles. The van der Waals surface area contributed by atoms with Crippen molar-refractivity contribution in [3.63, 3.8) is 0 Å². The van der Waals surface area contributed by atoms with Crippen molar-refractivity contribution in [3.8, 4) is 5.75 Å². The maximum atomic E-state index is 13.6. The van der Waals surface area contributed by atoms with E-state index in [1.54, 1.807) is 23.9 Å². The molecular formula is C30H30N8O4. The van der Waals surface area contributed by atoms with Crippen molar-refractivity contribution in [2.75, 3.05) is 38.2 Å². The van der Waals surface area contributed by atoms with Gasteiger partial charge >= 0.3 is 0 Å². The Balaban J connectivity index is 1.32. The second-order valence-electron chi connectivity index (χ2n) is 10.2. The van der Waals surface area contributed by atoms with E-state index < -0.39 is 11.0 Å². The Bertz CT molecular complexity index is 1750. The number of aromatic amines is 1. The van der Waals surface area contributed by atoms with Crippen molar-refractivity contribution >= 4 is 22.3 Å². The number of tetrazole rings is 1. The molecule has 12 heteroatoms. The third kappa shape index (κ3) is 5.56. The normalized spacial score (nSPS) is 14.6. The van der Waals surface area contributed by atoms with E-state index in [1.165, 1.54) is 17.7 Å². The minimum atomic E-state index is -0.481. The summed E-state index contributed by atoms with van der Waals surface area (Å²) < 4.78 is 7.13. The molecule has 1 fully saturated rings. The molecule has 0 saturated carbocycles. The molecule has 0 amide bonds. The molecule has 42 heavy (non-hydrogen) atoms. The van der Waals surface area contributed by atoms with Crippen LogP contribution in [0.25, 0.3) is 10.9 Å². The van der Waals surface area contributed by atoms with E-state index in [-0.39, 0.29) is 11.2 Å². The van der Waals surface area contributed by atoms with Crippen molar-refractivity contribution in [2.24, 2.45) is 0 Å². The Morgan fingerprint density at radius 3 is 2.48 bits per heavy atom. The van der Waals surface area contributed by atoms with E-state index in [2.05, 4.69) is 42.4 Å². The van der Waals surface area contributed by atoms with Gasteiger partial charge in [0, 0.05) is 62.2 Å². The zero-order valence-electron chi connectivity index (χ0n) is 23.1. The SMILES string of the molecule is COc1ccc2cc([C@H](c3nnnn3CCc3ccccc3)N3CCN(c4ccc([N+](=O)[O-])cc4)CC3)c(=O)[nH]c2c1. The zero-order chi connectivity index (χ0) is 29.1. The van der Waals surface area contributed by atoms with E-state index >= 15 is 0 Å². The molecule has 1 aliphatic heterocycles. The summed E-state index contributed by atoms with van der Waals surface area (Å²) in [5.74, 6) is 1.27. The average molecular weight is 567 g/mol. The fourth-order valence-corrected chi connectivity index (χ4v) is 5.50. The Kier molecular flexibility index (Phi) is 7.60. The Morgan fingerprint density at radius 1 is 1.00 bits per heavy atom. The average Bonchev–Trinajstić information content (AvgIpc) is 3.49. The maximum absolute atomic E-state index is 13.6. The van der Waals surface area contributed by atoms with Crippen LogP contribution in [0.2, 0.25) is 0 Å². The monoisotopic (exact) mass is 566 g/mol. The number of H-pyrrole nitrogens is 1. The molecule has 1 aliphatic rings. The zero-order valence-corrected chi connectivity index (χ0v) is 23.1. The van der Waals surface area contributed by atoms with Gasteiger partial charge in [0.1, 0.15) is 11.8 Å². The fourth-order valence-electron chi connectivity index (χ4n) is 5.50. The van der Waals surface area contributed by atoms with Crippen LogP contribution in [0, 0.1) is 10.1 Å². The van der Waals surface area contributed by atoms with Crippen LogP contribution in [-0.4, -0.2) is 68.3 Å². The first-order chi connectivity index (χ1) is 20.5. The van der Waals surface area contributed by atoms with E-state index in [4.69, 9.17) is 4.74 Å². The number of aryl methyl sites for hydroxylation is 2. The Morgan fingerprint density at radius 2 is 1.76 bits per heavy atom. The summed E-state index contributed by atoms with van der Waals surface area (Å²) in [6, 6.07) is 23.8. The molecule has 214 valence electrons. The van der Waals surface area contributed by atoms with Gasteiger partial charge in [0.15, 0.2) is 5.82 Å². The van der Waals surface area contributed by atoms with Gasteiger partial charge in [0.05, 0.1) is 17.5 Å². The van der Waals surface area contributed by atoms with Crippen molar-refractivity contribution in [1.29, 1.82) is 0 Å². The molecule has 12 nitrogen and oxygen atoms in total. The molecule has 1 N–H and O–H groups in total. The first kappa shape index (κ1) is 27.1. The number of rotatable bonds is 9. The summed E-state index contributed by atoms with van der Waals surface area (Å²) >= 11 is 0. The van der Waals surface area contributed by atoms with Crippen LogP contribution in [0.4, 0.5) is 11.4 Å². The molecule has 0 bridgehead atoms. The number of non-ortho nitro benzene ring substituents is 1. The number of nitro groups is 1. The number of benzene rings is 3. The summed E-state index contributed by atoms with van der Waals surface area (Å²) in [6.45, 7) is 3.17. The standard InChI is InChI=1S/C30H30N8O4/c1-42-25-12-7-22-19-26(30(39)31-27(22)20-25)28(29-32-33-34-37(29)14-13-21-5-3-2-4-6-21)36-17-15-35(16-18-36)23-8-10-24(11-9-23)38(40)41/h2-12,19-20,28H,13-18H2,1H3,(H,31,39)/t28-/m1/s1. The molecule has 3 aromatic carbocycles. The molecule has 3 heterocycles. The van der Waals surface area contributed by atoms with Gasteiger partial charge < -0.3 is 14.6 Å². The highest BCUT2D eigenvalue weighted by molar-refractivity contribution is 5.80. The van der Waals surface area contributed by atoms with Crippen LogP contribution in [-0.2, 0) is 13.0 Å². The number of methoxy groups -OCH3 is 1. The number of nitro benzene ring substituents is 1. The number of ether oxygens (including phenoxy) is 1. The number of aromatic nitrogens is 5. The summed E-state index contributed by atoms with van der Waals surface area (Å²) in [5.41, 5.74) is 3.19. The van der Waals surface area contributed by atoms with Crippen molar-refractivity contribution in [1.82, 2.24) is 30.1 Å². The lowest BCUT2D eigenvalue weighted by molar-refractivity contribution is -0.384. The molecule has 2 aromatic heterocycles. The quantitative estimate of drug-likeness (QED) is 0.210. The fraction of sp³-hybridized carbons (Fsp3) is 0.267. The first-order valence-electron chi connectivity index (χ1n) is 13.7. The van der Waals surface area contributed by atoms with Gasteiger partial charge in [-0.3, -0.25) is 19.8 Å². The van der Waals surface area contributed by atoms with Gasteiger partial charge in [-0.25, -0.2) is 4.68 Å². The molecule has 0 radical (unpaired) electrons. The van der Waals surface area contributed by atoms with Crippen molar-refractivity contribution in [3.05, 3.63) is 116 Å². The lowest BCUT2D eigenvalue weighted by Crippen LogP contribution is -2.49. The third-order valence-corrected chi connectivity index (χ3v) is 7.74. The van der Waals surface area contributed by atoms with Gasteiger partial charge in [-0.15, -0.1) is 5.10 Å². The van der Waals surface area contributed by atoms with Gasteiger partial charge in [0.25, 0.3) is 11.2 Å². The number of anilines is 1. The Labute approximate surface area is 241 Å². The number of fused-ring (bicyclic) bond motifs is 1. The lowest BCUT2D eigenvalue weighted by atomic mass is 10.0. The third-order valence-electron chi connectivity index (χ3n) is 7.74. The number of pyridine rings is 1. The second kappa shape index (κ2) is 11.8. The maximum Gasteiger partial charge on any atom is 0.269 e. The summed E-state index contributed by atoms with van der Waals surface area (Å²) in [7, 11) is 1.59. The topological polar surface area (TPSA) is 135 Å². The number of hydrogen-bond acceptors (Lipinski definition) is 9. The van der Waals surface area contributed by atoms with Crippen LogP contribution >= 0.6 is 0 Å². The van der Waals surface area contributed by atoms with Crippen molar-refractivity contribution < 1.29 is 9.66 Å². The highest BCUT2D eigenvalue weighted by Crippen LogP contribution is 2.30. The van der Waals surface area contributed by atoms with Crippen molar-refractivity contribution in [2.45, 2.75) is 19.0 Å². The Hall–Kier alpha value is -5.10. The summed E-state index contributed by atoms with van der Waals surface area (Å²) in [6.07, 6.45) is 0.743. The van der Waals surface area contributed by atoms with Gasteiger partial charge in [-0.05, 0) is 58.1 Å². The van der Waals surface area contributed by atoms with Gasteiger partial charge in [-0.2, -0.15) is 0 Å². The summed E-state index contributed by atoms with van der Waals surface area (Å²) in [5, 5.41) is 24.7. The van der Waals surface area contributed by atoms with Crippen LogP contribution < -0.4 is 15.2 Å². The van der Waals surface area contributed by atoms with E-state index in [9.17, 15) is 14.9 Å². The molecule has 0 unspecified atom stereocenters. The number of hydrogen-bond donors (Lipinski definition) is 1. The summed E-state index contributed by atoms with van der Waals surface area (Å²) in [4.78, 5) is 31.7. The molecule has 5 aromatic rings. The van der Waals surface area contributed by atoms with Gasteiger partial charge in [-0.1, -0.05) is 30.3 Å². The predicted molar refractivity (Wildman–Crippen MR) is 158 cm³/mol. The number of nitrogens with one attached hydrogen (secondary N) is 1. The van der Waals surface area contributed by atoms with Crippen LogP contribution in [0.5, 0.6) is 5.75 Å². The van der Waals surface area contributed by atoms with Crippen LogP contribution in [0.3, 0.4) is 0 Å². The minimum absolute atomic E-state index is 0.0629. The highest BCUT2D eigenvalue weighted by atomic mass is 16.6. The number of piperazine rings is 1. The van der Waals surface area contributed by atoms with E-state index in [0.29, 0.717) is 55.4 Å². The number of nitrogens with zero attached hydrogens (tertiary/aromatic N) is 7. The molecule has 0 aliphatic carbocycles. The first-order valence-corrected chi connectivity index (χ1v) is 13.7. The largest absolute Gasteiger partial charge is 0.497 e. The lowest BCUT2D eigenvalue weighted by Gasteiger charge is -2.39. The van der Waals surface area contributed by atoms with Gasteiger partial charge in [0.2, 0.25) is 0 Å². The van der Waals surface area contributed by atoms with E-state index in [1.807, 2.05) is 42.5 Å².